The van der Waals surface area contributed by atoms with Crippen LogP contribution in [0.5, 0.6) is 0 Å². The summed E-state index contributed by atoms with van der Waals surface area (Å²) in [6.45, 7) is 4.12. The standard InChI is InChI=1S/C14H13Cl3N2/c1-8(2)12-7-13(17)19-14(18-12)6-9-10(15)4-3-5-11(9)16/h3-5,7-8H,6H2,1-2H3. The number of aromatic nitrogens is 2. The van der Waals surface area contributed by atoms with Crippen LogP contribution in [0, 0.1) is 0 Å². The summed E-state index contributed by atoms with van der Waals surface area (Å²) in [7, 11) is 0. The van der Waals surface area contributed by atoms with Gasteiger partial charge in [0.1, 0.15) is 11.0 Å². The van der Waals surface area contributed by atoms with Crippen molar-refractivity contribution in [3.8, 4) is 0 Å². The number of hydrogen-bond acceptors (Lipinski definition) is 2. The van der Waals surface area contributed by atoms with Gasteiger partial charge in [0.25, 0.3) is 0 Å². The average Bonchev–Trinajstić information content (AvgIpc) is 2.33. The topological polar surface area (TPSA) is 25.8 Å². The first-order valence-electron chi connectivity index (χ1n) is 5.93. The fourth-order valence-electron chi connectivity index (χ4n) is 1.72. The van der Waals surface area contributed by atoms with E-state index in [0.29, 0.717) is 33.4 Å². The van der Waals surface area contributed by atoms with Gasteiger partial charge in [0.15, 0.2) is 0 Å². The molecule has 1 aromatic carbocycles. The van der Waals surface area contributed by atoms with Crippen molar-refractivity contribution in [3.05, 3.63) is 56.5 Å². The summed E-state index contributed by atoms with van der Waals surface area (Å²) in [4.78, 5) is 8.73. The van der Waals surface area contributed by atoms with Crippen LogP contribution in [0.1, 0.15) is 36.8 Å². The first-order valence-corrected chi connectivity index (χ1v) is 7.07. The molecule has 0 bridgehead atoms. The SMILES string of the molecule is CC(C)c1cc(Cl)nc(Cc2c(Cl)cccc2Cl)n1. The van der Waals surface area contributed by atoms with Gasteiger partial charge in [-0.1, -0.05) is 54.7 Å². The molecular formula is C14H13Cl3N2. The van der Waals surface area contributed by atoms with E-state index in [9.17, 15) is 0 Å². The van der Waals surface area contributed by atoms with Gasteiger partial charge < -0.3 is 0 Å². The van der Waals surface area contributed by atoms with Crippen LogP contribution < -0.4 is 0 Å². The molecule has 100 valence electrons. The molecule has 0 fully saturated rings. The summed E-state index contributed by atoms with van der Waals surface area (Å²) in [5.74, 6) is 0.923. The Labute approximate surface area is 127 Å². The third kappa shape index (κ3) is 3.59. The Morgan fingerprint density at radius 3 is 2.26 bits per heavy atom. The van der Waals surface area contributed by atoms with E-state index in [1.54, 1.807) is 18.2 Å². The van der Waals surface area contributed by atoms with Crippen molar-refractivity contribution in [1.29, 1.82) is 0 Å². The maximum absolute atomic E-state index is 6.15. The normalized spacial score (nSPS) is 11.1. The van der Waals surface area contributed by atoms with Crippen LogP contribution in [0.4, 0.5) is 0 Å². The smallest absolute Gasteiger partial charge is 0.134 e. The van der Waals surface area contributed by atoms with Crippen LogP contribution in [0.25, 0.3) is 0 Å². The lowest BCUT2D eigenvalue weighted by atomic mass is 10.1. The Hall–Kier alpha value is -0.830. The minimum atomic E-state index is 0.293. The van der Waals surface area contributed by atoms with Crippen molar-refractivity contribution >= 4 is 34.8 Å². The van der Waals surface area contributed by atoms with Crippen LogP contribution in [0.3, 0.4) is 0 Å². The predicted octanol–water partition coefficient (Wildman–Crippen LogP) is 5.15. The average molecular weight is 316 g/mol. The fraction of sp³-hybridized carbons (Fsp3) is 0.286. The lowest BCUT2D eigenvalue weighted by molar-refractivity contribution is 0.791. The summed E-state index contributed by atoms with van der Waals surface area (Å²) in [5.41, 5.74) is 1.74. The van der Waals surface area contributed by atoms with Crippen LogP contribution >= 0.6 is 34.8 Å². The first-order chi connectivity index (χ1) is 8.97. The predicted molar refractivity (Wildman–Crippen MR) is 80.4 cm³/mol. The van der Waals surface area contributed by atoms with E-state index >= 15 is 0 Å². The number of halogens is 3. The van der Waals surface area contributed by atoms with Crippen molar-refractivity contribution in [3.63, 3.8) is 0 Å². The van der Waals surface area contributed by atoms with Gasteiger partial charge in [-0.05, 0) is 29.7 Å². The molecule has 1 aromatic heterocycles. The second kappa shape index (κ2) is 6.08. The minimum absolute atomic E-state index is 0.293. The summed E-state index contributed by atoms with van der Waals surface area (Å²) in [6, 6.07) is 7.20. The highest BCUT2D eigenvalue weighted by molar-refractivity contribution is 6.36. The zero-order valence-electron chi connectivity index (χ0n) is 10.6. The van der Waals surface area contributed by atoms with Gasteiger partial charge in [0, 0.05) is 22.2 Å². The molecule has 0 unspecified atom stereocenters. The van der Waals surface area contributed by atoms with Gasteiger partial charge in [0.2, 0.25) is 0 Å². The lowest BCUT2D eigenvalue weighted by Crippen LogP contribution is -2.03. The van der Waals surface area contributed by atoms with Crippen molar-refractivity contribution in [1.82, 2.24) is 9.97 Å². The molecule has 0 radical (unpaired) electrons. The quantitative estimate of drug-likeness (QED) is 0.732. The maximum Gasteiger partial charge on any atom is 0.134 e. The zero-order chi connectivity index (χ0) is 14.0. The molecule has 0 amide bonds. The summed E-state index contributed by atoms with van der Waals surface area (Å²) >= 11 is 18.3. The Morgan fingerprint density at radius 2 is 1.68 bits per heavy atom. The number of nitrogens with zero attached hydrogens (tertiary/aromatic N) is 2. The molecule has 1 heterocycles. The molecular weight excluding hydrogens is 303 g/mol. The second-order valence-electron chi connectivity index (χ2n) is 4.56. The minimum Gasteiger partial charge on any atom is -0.237 e. The molecule has 19 heavy (non-hydrogen) atoms. The Balaban J connectivity index is 2.38. The highest BCUT2D eigenvalue weighted by Crippen LogP contribution is 2.26. The van der Waals surface area contributed by atoms with Gasteiger partial charge in [-0.25, -0.2) is 9.97 Å². The highest BCUT2D eigenvalue weighted by atomic mass is 35.5. The summed E-state index contributed by atoms with van der Waals surface area (Å²) < 4.78 is 0. The summed E-state index contributed by atoms with van der Waals surface area (Å²) in [5, 5.41) is 1.67. The van der Waals surface area contributed by atoms with Gasteiger partial charge in [-0.15, -0.1) is 0 Å². The van der Waals surface area contributed by atoms with Crippen LogP contribution in [0.2, 0.25) is 15.2 Å². The molecule has 2 rings (SSSR count). The van der Waals surface area contributed by atoms with E-state index < -0.39 is 0 Å². The first kappa shape index (κ1) is 14.6. The number of rotatable bonds is 3. The molecule has 2 nitrogen and oxygen atoms in total. The van der Waals surface area contributed by atoms with E-state index in [4.69, 9.17) is 34.8 Å². The Morgan fingerprint density at radius 1 is 1.05 bits per heavy atom. The third-order valence-electron chi connectivity index (χ3n) is 2.75. The number of benzene rings is 1. The molecule has 2 aromatic rings. The molecule has 5 heteroatoms. The van der Waals surface area contributed by atoms with Crippen molar-refractivity contribution in [2.24, 2.45) is 0 Å². The largest absolute Gasteiger partial charge is 0.237 e. The molecule has 0 atom stereocenters. The monoisotopic (exact) mass is 314 g/mol. The Bertz CT molecular complexity index is 577. The Kier molecular flexibility index (Phi) is 4.67. The van der Waals surface area contributed by atoms with Crippen LogP contribution in [0.15, 0.2) is 24.3 Å². The number of hydrogen-bond donors (Lipinski definition) is 0. The third-order valence-corrected chi connectivity index (χ3v) is 3.65. The molecule has 0 aliphatic carbocycles. The molecule has 0 N–H and O–H groups in total. The fourth-order valence-corrected chi connectivity index (χ4v) is 2.46. The molecule has 0 spiro atoms. The van der Waals surface area contributed by atoms with Crippen molar-refractivity contribution in [2.75, 3.05) is 0 Å². The van der Waals surface area contributed by atoms with Crippen LogP contribution in [-0.4, -0.2) is 9.97 Å². The molecule has 0 aliphatic rings. The van der Waals surface area contributed by atoms with Crippen LogP contribution in [-0.2, 0) is 6.42 Å². The van der Waals surface area contributed by atoms with Gasteiger partial charge >= 0.3 is 0 Å². The molecule has 0 saturated carbocycles. The van der Waals surface area contributed by atoms with Gasteiger partial charge in [-0.2, -0.15) is 0 Å². The zero-order valence-corrected chi connectivity index (χ0v) is 12.9. The highest BCUT2D eigenvalue weighted by Gasteiger charge is 2.11. The van der Waals surface area contributed by atoms with E-state index in [1.165, 1.54) is 0 Å². The van der Waals surface area contributed by atoms with Gasteiger partial charge in [-0.3, -0.25) is 0 Å². The van der Waals surface area contributed by atoms with E-state index in [1.807, 2.05) is 6.07 Å². The van der Waals surface area contributed by atoms with Gasteiger partial charge in [0.05, 0.1) is 0 Å². The maximum atomic E-state index is 6.15. The van der Waals surface area contributed by atoms with E-state index in [2.05, 4.69) is 23.8 Å². The molecule has 0 saturated heterocycles. The van der Waals surface area contributed by atoms with E-state index in [-0.39, 0.29) is 0 Å². The second-order valence-corrected chi connectivity index (χ2v) is 5.77. The summed E-state index contributed by atoms with van der Waals surface area (Å²) in [6.07, 6.45) is 0.471. The van der Waals surface area contributed by atoms with Crippen molar-refractivity contribution in [2.45, 2.75) is 26.2 Å². The molecule has 0 aliphatic heterocycles. The van der Waals surface area contributed by atoms with E-state index in [0.717, 1.165) is 11.3 Å². The lowest BCUT2D eigenvalue weighted by Gasteiger charge is -2.09. The van der Waals surface area contributed by atoms with Crippen molar-refractivity contribution < 1.29 is 0 Å².